The number of piperidine rings is 1. The Bertz CT molecular complexity index is 1670. The van der Waals surface area contributed by atoms with Gasteiger partial charge in [-0.3, -0.25) is 19.4 Å². The number of benzene rings is 1. The number of halogens is 4. The molecule has 1 unspecified atom stereocenters. The number of thiophene rings is 1. The van der Waals surface area contributed by atoms with E-state index in [4.69, 9.17) is 21.1 Å². The molecule has 1 fully saturated rings. The first-order valence-corrected chi connectivity index (χ1v) is 18.0. The Labute approximate surface area is 293 Å². The van der Waals surface area contributed by atoms with E-state index in [-0.39, 0.29) is 37.9 Å². The summed E-state index contributed by atoms with van der Waals surface area (Å²) in [7, 11) is 0. The largest absolute Gasteiger partial charge is 0.474 e. The van der Waals surface area contributed by atoms with E-state index in [1.165, 1.54) is 22.4 Å². The van der Waals surface area contributed by atoms with Crippen LogP contribution in [0.15, 0.2) is 48.0 Å². The monoisotopic (exact) mass is 719 g/mol. The number of esters is 1. The number of rotatable bonds is 11. The van der Waals surface area contributed by atoms with E-state index in [0.29, 0.717) is 55.8 Å². The van der Waals surface area contributed by atoms with Crippen LogP contribution in [0.3, 0.4) is 0 Å². The fourth-order valence-electron chi connectivity index (χ4n) is 7.18. The van der Waals surface area contributed by atoms with Gasteiger partial charge in [0.15, 0.2) is 0 Å². The van der Waals surface area contributed by atoms with E-state index in [0.717, 1.165) is 28.1 Å². The molecule has 1 saturated heterocycles. The Morgan fingerprint density at radius 2 is 1.90 bits per heavy atom. The number of likely N-dealkylation sites (tertiary alicyclic amines) is 1. The molecule has 0 bridgehead atoms. The minimum absolute atomic E-state index is 0.142. The molecule has 4 heterocycles. The highest BCUT2D eigenvalue weighted by molar-refractivity contribution is 7.10. The lowest BCUT2D eigenvalue weighted by atomic mass is 9.78. The van der Waals surface area contributed by atoms with Gasteiger partial charge in [0.2, 0.25) is 5.60 Å². The zero-order chi connectivity index (χ0) is 35.3. The number of pyridine rings is 1. The molecule has 0 N–H and O–H groups in total. The fourth-order valence-corrected chi connectivity index (χ4v) is 7.98. The molecule has 2 aromatic heterocycles. The molecule has 3 atom stereocenters. The first kappa shape index (κ1) is 36.6. The highest BCUT2D eigenvalue weighted by atomic mass is 35.5. The summed E-state index contributed by atoms with van der Waals surface area (Å²) in [5, 5.41) is 2.38. The van der Waals surface area contributed by atoms with Crippen LogP contribution in [0, 0.1) is 6.92 Å². The number of ether oxygens (including phenoxy) is 2. The number of carbonyl (C=O) groups excluding carboxylic acids is 3. The minimum atomic E-state index is -4.80. The van der Waals surface area contributed by atoms with Crippen LogP contribution in [0.5, 0.6) is 5.75 Å². The number of nitrogens with zero attached hydrogens (tertiary/aromatic N) is 3. The van der Waals surface area contributed by atoms with Gasteiger partial charge in [-0.25, -0.2) is 0 Å². The van der Waals surface area contributed by atoms with Crippen LogP contribution in [0.25, 0.3) is 0 Å². The van der Waals surface area contributed by atoms with Crippen LogP contribution in [-0.4, -0.2) is 63.9 Å². The van der Waals surface area contributed by atoms with Crippen molar-refractivity contribution in [2.45, 2.75) is 96.0 Å². The highest BCUT2D eigenvalue weighted by Crippen LogP contribution is 2.43. The fraction of sp³-hybridized carbons (Fsp3) is 0.500. The van der Waals surface area contributed by atoms with Gasteiger partial charge in [0.1, 0.15) is 11.4 Å². The van der Waals surface area contributed by atoms with Gasteiger partial charge < -0.3 is 19.3 Å². The van der Waals surface area contributed by atoms with Crippen molar-refractivity contribution in [1.82, 2.24) is 14.8 Å². The third kappa shape index (κ3) is 7.90. The van der Waals surface area contributed by atoms with Gasteiger partial charge in [-0.15, -0.1) is 11.3 Å². The number of aryl methyl sites for hydroxylation is 1. The SMILES string of the molecule is CCC[C@H]1N(C(=O)c2ncccc2C(F)(F)F)CCC[C@@]1(Oc1csc(C)c1)C(=O)N1CCc2cc(Cl)ccc2C1CCCC(=O)OCC. The number of fused-ring (bicyclic) bond motifs is 1. The Balaban J connectivity index is 1.59. The standard InChI is InChI=1S/C36H41ClF3N3O5S/c1-4-9-30-35(48-26-20-23(3)49-22-26,16-8-18-43(30)33(45)32-28(36(38,39)40)10-7-17-41-32)34(46)42-19-15-24-21-25(37)13-14-27(24)29(42)11-6-12-31(44)47-5-2/h7,10,13-14,17,20-22,29-30H,4-6,8-9,11-12,15-16,18-19H2,1-3H3/t29?,30-,35+/m1/s1. The summed E-state index contributed by atoms with van der Waals surface area (Å²) in [4.78, 5) is 49.7. The van der Waals surface area contributed by atoms with Crippen LogP contribution in [-0.2, 0) is 26.9 Å². The number of hydrogen-bond donors (Lipinski definition) is 0. The molecule has 8 nitrogen and oxygen atoms in total. The topological polar surface area (TPSA) is 89.0 Å². The van der Waals surface area contributed by atoms with Gasteiger partial charge in [0, 0.05) is 47.4 Å². The van der Waals surface area contributed by atoms with Crippen molar-refractivity contribution in [1.29, 1.82) is 0 Å². The molecule has 1 aromatic carbocycles. The highest BCUT2D eigenvalue weighted by Gasteiger charge is 2.57. The lowest BCUT2D eigenvalue weighted by Gasteiger charge is -2.51. The van der Waals surface area contributed by atoms with Gasteiger partial charge in [-0.1, -0.05) is 31.0 Å². The zero-order valence-electron chi connectivity index (χ0n) is 27.9. The van der Waals surface area contributed by atoms with Crippen molar-refractivity contribution < 1.29 is 37.0 Å². The zero-order valence-corrected chi connectivity index (χ0v) is 29.4. The summed E-state index contributed by atoms with van der Waals surface area (Å²) in [6.07, 6.45) is -0.601. The molecule has 5 rings (SSSR count). The molecule has 0 radical (unpaired) electrons. The normalized spacial score (nSPS) is 20.9. The van der Waals surface area contributed by atoms with Crippen LogP contribution in [0.1, 0.15) is 96.9 Å². The number of carbonyl (C=O) groups is 3. The molecule has 3 aromatic rings. The summed E-state index contributed by atoms with van der Waals surface area (Å²) in [5.74, 6) is -1.09. The molecule has 2 amide bonds. The maximum absolute atomic E-state index is 15.3. The number of aromatic nitrogens is 1. The smallest absolute Gasteiger partial charge is 0.418 e. The molecule has 0 aliphatic carbocycles. The van der Waals surface area contributed by atoms with Gasteiger partial charge in [0.25, 0.3) is 11.8 Å². The maximum atomic E-state index is 15.3. The van der Waals surface area contributed by atoms with Crippen LogP contribution >= 0.6 is 22.9 Å². The van der Waals surface area contributed by atoms with Crippen LogP contribution < -0.4 is 4.74 Å². The quantitative estimate of drug-likeness (QED) is 0.186. The molecule has 13 heteroatoms. The summed E-state index contributed by atoms with van der Waals surface area (Å²) < 4.78 is 54.2. The average molecular weight is 720 g/mol. The second kappa shape index (κ2) is 15.5. The molecule has 0 saturated carbocycles. The minimum Gasteiger partial charge on any atom is -0.474 e. The predicted molar refractivity (Wildman–Crippen MR) is 181 cm³/mol. The Morgan fingerprint density at radius 3 is 2.59 bits per heavy atom. The van der Waals surface area contributed by atoms with Crippen molar-refractivity contribution in [2.24, 2.45) is 0 Å². The Hall–Kier alpha value is -3.64. The molecular formula is C36H41ClF3N3O5S. The lowest BCUT2D eigenvalue weighted by Crippen LogP contribution is -2.68. The van der Waals surface area contributed by atoms with Gasteiger partial charge in [-0.05, 0) is 87.4 Å². The van der Waals surface area contributed by atoms with Crippen molar-refractivity contribution >= 4 is 40.7 Å². The molecule has 49 heavy (non-hydrogen) atoms. The van der Waals surface area contributed by atoms with E-state index in [1.54, 1.807) is 23.3 Å². The molecule has 264 valence electrons. The summed E-state index contributed by atoms with van der Waals surface area (Å²) >= 11 is 7.81. The number of amides is 2. The van der Waals surface area contributed by atoms with Crippen molar-refractivity contribution in [3.63, 3.8) is 0 Å². The van der Waals surface area contributed by atoms with Gasteiger partial charge in [-0.2, -0.15) is 13.2 Å². The lowest BCUT2D eigenvalue weighted by molar-refractivity contribution is -0.162. The Morgan fingerprint density at radius 1 is 1.10 bits per heavy atom. The van der Waals surface area contributed by atoms with E-state index in [2.05, 4.69) is 4.98 Å². The molecule has 2 aliphatic heterocycles. The summed E-state index contributed by atoms with van der Waals surface area (Å²) in [6.45, 7) is 6.31. The third-order valence-corrected chi connectivity index (χ3v) is 10.3. The van der Waals surface area contributed by atoms with Crippen molar-refractivity contribution in [2.75, 3.05) is 19.7 Å². The van der Waals surface area contributed by atoms with E-state index in [9.17, 15) is 22.8 Å². The van der Waals surface area contributed by atoms with Gasteiger partial charge >= 0.3 is 12.1 Å². The predicted octanol–water partition coefficient (Wildman–Crippen LogP) is 8.21. The van der Waals surface area contributed by atoms with Gasteiger partial charge in [0.05, 0.1) is 24.3 Å². The third-order valence-electron chi connectivity index (χ3n) is 9.26. The number of hydrogen-bond acceptors (Lipinski definition) is 7. The second-order valence-electron chi connectivity index (χ2n) is 12.5. The van der Waals surface area contributed by atoms with E-state index >= 15 is 4.79 Å². The van der Waals surface area contributed by atoms with E-state index < -0.39 is 41.0 Å². The second-order valence-corrected chi connectivity index (χ2v) is 14.0. The van der Waals surface area contributed by atoms with Crippen molar-refractivity contribution in [3.8, 4) is 5.75 Å². The molecule has 2 aliphatic rings. The summed E-state index contributed by atoms with van der Waals surface area (Å²) in [6, 6.07) is 8.08. The first-order chi connectivity index (χ1) is 23.4. The maximum Gasteiger partial charge on any atom is 0.418 e. The average Bonchev–Trinajstić information content (AvgIpc) is 3.48. The van der Waals surface area contributed by atoms with Crippen LogP contribution in [0.2, 0.25) is 5.02 Å². The summed E-state index contributed by atoms with van der Waals surface area (Å²) in [5.41, 5.74) is -1.52. The molecular weight excluding hydrogens is 679 g/mol. The molecule has 0 spiro atoms. The van der Waals surface area contributed by atoms with E-state index in [1.807, 2.05) is 32.0 Å². The van der Waals surface area contributed by atoms with Crippen molar-refractivity contribution in [3.05, 3.63) is 80.3 Å². The number of alkyl halides is 3. The first-order valence-electron chi connectivity index (χ1n) is 16.7. The van der Waals surface area contributed by atoms with Crippen LogP contribution in [0.4, 0.5) is 13.2 Å². The Kier molecular flexibility index (Phi) is 11.6.